The van der Waals surface area contributed by atoms with Crippen molar-refractivity contribution >= 4 is 51.9 Å². The Labute approximate surface area is 221 Å². The highest BCUT2D eigenvalue weighted by Crippen LogP contribution is 2.33. The Hall–Kier alpha value is -3.98. The summed E-state index contributed by atoms with van der Waals surface area (Å²) in [6.07, 6.45) is 0.754. The lowest BCUT2D eigenvalue weighted by Crippen LogP contribution is -2.29. The molecule has 0 aliphatic heterocycles. The molecule has 8 nitrogen and oxygen atoms in total. The molecule has 3 N–H and O–H groups in total. The molecule has 0 fully saturated rings. The average molecular weight is 518 g/mol. The summed E-state index contributed by atoms with van der Waals surface area (Å²) in [5.74, 6) is 2.42. The zero-order chi connectivity index (χ0) is 26.4. The van der Waals surface area contributed by atoms with E-state index in [0.29, 0.717) is 23.1 Å². The van der Waals surface area contributed by atoms with Crippen LogP contribution in [0.15, 0.2) is 71.6 Å². The van der Waals surface area contributed by atoms with Gasteiger partial charge in [-0.15, -0.1) is 0 Å². The number of ether oxygens (including phenoxy) is 2. The maximum absolute atomic E-state index is 12.6. The number of anilines is 4. The molecule has 0 saturated carbocycles. The number of nitrogens with one attached hydrogen (secondary N) is 3. The van der Waals surface area contributed by atoms with E-state index >= 15 is 0 Å². The lowest BCUT2D eigenvalue weighted by Gasteiger charge is -2.21. The topological polar surface area (TPSA) is 97.4 Å². The smallest absolute Gasteiger partial charge is 0.230 e. The minimum atomic E-state index is -0.439. The van der Waals surface area contributed by atoms with Gasteiger partial charge < -0.3 is 24.8 Å². The number of hydrogen-bond donors (Lipinski definition) is 3. The van der Waals surface area contributed by atoms with E-state index in [2.05, 4.69) is 15.4 Å². The molecular weight excluding hydrogens is 486 g/mol. The molecule has 0 aliphatic rings. The van der Waals surface area contributed by atoms with Crippen molar-refractivity contribution in [3.8, 4) is 11.5 Å². The van der Waals surface area contributed by atoms with Gasteiger partial charge in [0.25, 0.3) is 0 Å². The molecule has 0 spiro atoms. The Balaban J connectivity index is 1.59. The monoisotopic (exact) mass is 517 g/mol. The average Bonchev–Trinajstić information content (AvgIpc) is 2.91. The Kier molecular flexibility index (Phi) is 8.03. The minimum Gasteiger partial charge on any atom is -0.497 e. The zero-order valence-electron chi connectivity index (χ0n) is 21.6. The number of fused-ring (bicyclic) bond motifs is 1. The molecule has 1 amide bonds. The minimum absolute atomic E-state index is 0.00860. The van der Waals surface area contributed by atoms with Crippen LogP contribution in [0.4, 0.5) is 23.0 Å². The van der Waals surface area contributed by atoms with Crippen molar-refractivity contribution in [1.29, 1.82) is 0 Å². The predicted molar refractivity (Wildman–Crippen MR) is 151 cm³/mol. The maximum Gasteiger partial charge on any atom is 0.230 e. The van der Waals surface area contributed by atoms with Gasteiger partial charge in [0.15, 0.2) is 11.6 Å². The fraction of sp³-hybridized carbons (Fsp3) is 0.250. The number of hydrogen-bond acceptors (Lipinski definition) is 8. The van der Waals surface area contributed by atoms with Crippen LogP contribution < -0.4 is 24.8 Å². The van der Waals surface area contributed by atoms with Crippen LogP contribution >= 0.6 is 11.9 Å². The van der Waals surface area contributed by atoms with Gasteiger partial charge in [0.05, 0.1) is 25.3 Å². The van der Waals surface area contributed by atoms with Gasteiger partial charge in [-0.25, -0.2) is 9.97 Å². The summed E-state index contributed by atoms with van der Waals surface area (Å²) in [7, 11) is 3.22. The first-order valence-electron chi connectivity index (χ1n) is 11.9. The lowest BCUT2D eigenvalue weighted by molar-refractivity contribution is -0.124. The standard InChI is InChI=1S/C28H31N5O3S/c1-6-28(2,3)27(34)30-18-10-9-11-22(16-18)37-33-26-25(31-23-12-7-8-13-24(23)32-26)29-19-14-20(35-4)17-21(15-19)36-5/h7-17H,6H2,1-5H3,(H,29,31)(H,30,34)(H,32,33). The van der Waals surface area contributed by atoms with Crippen molar-refractivity contribution in [2.45, 2.75) is 32.1 Å². The number of benzene rings is 3. The molecule has 0 saturated heterocycles. The third-order valence-electron chi connectivity index (χ3n) is 6.04. The molecule has 37 heavy (non-hydrogen) atoms. The summed E-state index contributed by atoms with van der Waals surface area (Å²) in [5, 5.41) is 6.36. The van der Waals surface area contributed by atoms with E-state index in [9.17, 15) is 4.79 Å². The van der Waals surface area contributed by atoms with Crippen molar-refractivity contribution in [3.05, 3.63) is 66.7 Å². The Morgan fingerprint density at radius 1 is 0.865 bits per heavy atom. The fourth-order valence-corrected chi connectivity index (χ4v) is 4.07. The van der Waals surface area contributed by atoms with Gasteiger partial charge in [0, 0.05) is 39.9 Å². The number of para-hydroxylation sites is 2. The van der Waals surface area contributed by atoms with Crippen LogP contribution in [0.1, 0.15) is 27.2 Å². The quantitative estimate of drug-likeness (QED) is 0.196. The summed E-state index contributed by atoms with van der Waals surface area (Å²) in [6, 6.07) is 20.9. The highest BCUT2D eigenvalue weighted by Gasteiger charge is 2.25. The molecule has 4 aromatic rings. The number of aromatic nitrogens is 2. The number of nitrogens with zero attached hydrogens (tertiary/aromatic N) is 2. The van der Waals surface area contributed by atoms with Gasteiger partial charge in [-0.1, -0.05) is 39.0 Å². The molecule has 0 unspecified atom stereocenters. The molecule has 3 aromatic carbocycles. The summed E-state index contributed by atoms with van der Waals surface area (Å²) < 4.78 is 14.1. The molecule has 4 rings (SSSR count). The van der Waals surface area contributed by atoms with Crippen LogP contribution in [0.2, 0.25) is 0 Å². The maximum atomic E-state index is 12.6. The van der Waals surface area contributed by atoms with Crippen molar-refractivity contribution in [1.82, 2.24) is 9.97 Å². The van der Waals surface area contributed by atoms with Gasteiger partial charge in [-0.05, 0) is 48.7 Å². The Morgan fingerprint density at radius 2 is 1.51 bits per heavy atom. The molecular formula is C28H31N5O3S. The Bertz CT molecular complexity index is 1390. The van der Waals surface area contributed by atoms with E-state index in [-0.39, 0.29) is 5.91 Å². The molecule has 0 aliphatic carbocycles. The van der Waals surface area contributed by atoms with Crippen molar-refractivity contribution in [2.24, 2.45) is 5.41 Å². The highest BCUT2D eigenvalue weighted by atomic mass is 32.2. The third kappa shape index (κ3) is 6.42. The van der Waals surface area contributed by atoms with Crippen LogP contribution in [0.25, 0.3) is 11.0 Å². The molecule has 9 heteroatoms. The SMILES string of the molecule is CCC(C)(C)C(=O)Nc1cccc(SNc2nc3ccccc3nc2Nc2cc(OC)cc(OC)c2)c1. The van der Waals surface area contributed by atoms with E-state index in [0.717, 1.165) is 33.7 Å². The summed E-state index contributed by atoms with van der Waals surface area (Å²) in [4.78, 5) is 23.1. The normalized spacial score (nSPS) is 11.2. The summed E-state index contributed by atoms with van der Waals surface area (Å²) in [6.45, 7) is 5.88. The molecule has 0 atom stereocenters. The predicted octanol–water partition coefficient (Wildman–Crippen LogP) is 6.88. The van der Waals surface area contributed by atoms with Crippen LogP contribution in [0.3, 0.4) is 0 Å². The first-order valence-corrected chi connectivity index (χ1v) is 12.7. The lowest BCUT2D eigenvalue weighted by atomic mass is 9.89. The highest BCUT2D eigenvalue weighted by molar-refractivity contribution is 8.00. The second-order valence-electron chi connectivity index (χ2n) is 9.06. The van der Waals surface area contributed by atoms with Gasteiger partial charge in [0.2, 0.25) is 5.91 Å². The number of methoxy groups -OCH3 is 2. The molecule has 192 valence electrons. The fourth-order valence-electron chi connectivity index (χ4n) is 3.38. The number of rotatable bonds is 10. The number of amides is 1. The first-order chi connectivity index (χ1) is 17.8. The molecule has 1 aromatic heterocycles. The molecule has 0 radical (unpaired) electrons. The van der Waals surface area contributed by atoms with Gasteiger partial charge >= 0.3 is 0 Å². The van der Waals surface area contributed by atoms with Crippen molar-refractivity contribution in [3.63, 3.8) is 0 Å². The van der Waals surface area contributed by atoms with E-state index < -0.39 is 5.41 Å². The zero-order valence-corrected chi connectivity index (χ0v) is 22.4. The van der Waals surface area contributed by atoms with E-state index in [1.807, 2.05) is 81.4 Å². The second-order valence-corrected chi connectivity index (χ2v) is 9.94. The molecule has 1 heterocycles. The van der Waals surface area contributed by atoms with Gasteiger partial charge in [-0.3, -0.25) is 4.79 Å². The van der Waals surface area contributed by atoms with Crippen molar-refractivity contribution < 1.29 is 14.3 Å². The van der Waals surface area contributed by atoms with Crippen LogP contribution in [0, 0.1) is 5.41 Å². The van der Waals surface area contributed by atoms with Gasteiger partial charge in [0.1, 0.15) is 11.5 Å². The van der Waals surface area contributed by atoms with Gasteiger partial charge in [-0.2, -0.15) is 0 Å². The van der Waals surface area contributed by atoms with Crippen LogP contribution in [0.5, 0.6) is 11.5 Å². The molecule has 0 bridgehead atoms. The van der Waals surface area contributed by atoms with Crippen LogP contribution in [-0.2, 0) is 4.79 Å². The largest absolute Gasteiger partial charge is 0.497 e. The number of carbonyl (C=O) groups excluding carboxylic acids is 1. The Morgan fingerprint density at radius 3 is 2.14 bits per heavy atom. The second kappa shape index (κ2) is 11.4. The van der Waals surface area contributed by atoms with Crippen LogP contribution in [-0.4, -0.2) is 30.1 Å². The first kappa shape index (κ1) is 26.1. The van der Waals surface area contributed by atoms with Crippen molar-refractivity contribution in [2.75, 3.05) is 29.6 Å². The third-order valence-corrected chi connectivity index (χ3v) is 6.83. The summed E-state index contributed by atoms with van der Waals surface area (Å²) >= 11 is 1.38. The number of carbonyl (C=O) groups is 1. The summed E-state index contributed by atoms with van der Waals surface area (Å²) in [5.41, 5.74) is 2.58. The van der Waals surface area contributed by atoms with E-state index in [1.165, 1.54) is 11.9 Å². The van der Waals surface area contributed by atoms with E-state index in [1.54, 1.807) is 20.3 Å². The van der Waals surface area contributed by atoms with E-state index in [4.69, 9.17) is 19.4 Å².